The van der Waals surface area contributed by atoms with Gasteiger partial charge in [0.15, 0.2) is 0 Å². The second-order valence-corrected chi connectivity index (χ2v) is 6.13. The average Bonchev–Trinajstić information content (AvgIpc) is 2.50. The van der Waals surface area contributed by atoms with E-state index in [1.54, 1.807) is 6.92 Å². The van der Waals surface area contributed by atoms with Crippen molar-refractivity contribution in [2.24, 2.45) is 17.6 Å². The smallest absolute Gasteiger partial charge is 0.353 e. The Bertz CT molecular complexity index is 433. The van der Waals surface area contributed by atoms with E-state index in [9.17, 15) is 14.7 Å². The maximum atomic E-state index is 12.0. The molecule has 0 aromatic carbocycles. The average molecular weight is 270 g/mol. The maximum absolute atomic E-state index is 12.0. The number of hydrogen-bond donors (Lipinski definition) is 2. The predicted octanol–water partition coefficient (Wildman–Crippen LogP) is 0.860. The number of carboxylic acids is 1. The van der Waals surface area contributed by atoms with Gasteiger partial charge in [-0.1, -0.05) is 13.8 Å². The van der Waals surface area contributed by atoms with E-state index in [1.165, 1.54) is 16.7 Å². The standard InChI is InChI=1S/C12H18N2O3S/c1-4-18-10-5(2)8-7(6(3)13)11(15)14(8)9(10)12(16)17/h5-8H,4,13H2,1-3H3,(H,16,17)/t5-,6+,7-,8-/m1/s1. The molecule has 2 heterocycles. The SMILES string of the molecule is CCSC1=C(C(=O)O)N2C(=O)[C@H]([C@H](C)N)[C@H]2[C@H]1C. The number of nitrogens with two attached hydrogens (primary N) is 1. The number of carboxylic acid groups (broad SMARTS) is 1. The van der Waals surface area contributed by atoms with Crippen molar-refractivity contribution in [2.45, 2.75) is 32.9 Å². The lowest BCUT2D eigenvalue weighted by Gasteiger charge is -2.46. The first-order chi connectivity index (χ1) is 8.41. The third-order valence-electron chi connectivity index (χ3n) is 3.66. The molecule has 6 heteroatoms. The van der Waals surface area contributed by atoms with Gasteiger partial charge in [0.05, 0.1) is 12.0 Å². The highest BCUT2D eigenvalue weighted by atomic mass is 32.2. The van der Waals surface area contributed by atoms with Crippen molar-refractivity contribution < 1.29 is 14.7 Å². The van der Waals surface area contributed by atoms with Crippen molar-refractivity contribution in [3.8, 4) is 0 Å². The molecule has 0 radical (unpaired) electrons. The summed E-state index contributed by atoms with van der Waals surface area (Å²) >= 11 is 1.51. The number of carbonyl (C=O) groups is 2. The van der Waals surface area contributed by atoms with Crippen LogP contribution in [0.4, 0.5) is 0 Å². The Hall–Kier alpha value is -1.01. The first-order valence-corrected chi connectivity index (χ1v) is 7.09. The van der Waals surface area contributed by atoms with Gasteiger partial charge in [0.2, 0.25) is 5.91 Å². The molecular weight excluding hydrogens is 252 g/mol. The zero-order valence-electron chi connectivity index (χ0n) is 10.7. The van der Waals surface area contributed by atoms with Gasteiger partial charge in [0, 0.05) is 16.9 Å². The van der Waals surface area contributed by atoms with Gasteiger partial charge in [0.25, 0.3) is 0 Å². The fourth-order valence-corrected chi connectivity index (χ4v) is 3.95. The van der Waals surface area contributed by atoms with E-state index in [0.717, 1.165) is 10.7 Å². The molecule has 1 amide bonds. The molecule has 5 nitrogen and oxygen atoms in total. The van der Waals surface area contributed by atoms with Crippen LogP contribution in [-0.4, -0.2) is 39.7 Å². The largest absolute Gasteiger partial charge is 0.477 e. The van der Waals surface area contributed by atoms with Crippen LogP contribution in [0, 0.1) is 11.8 Å². The fourth-order valence-electron chi connectivity index (χ4n) is 2.92. The van der Waals surface area contributed by atoms with Gasteiger partial charge >= 0.3 is 5.97 Å². The Labute approximate surface area is 110 Å². The second kappa shape index (κ2) is 4.59. The van der Waals surface area contributed by atoms with E-state index in [1.807, 2.05) is 13.8 Å². The van der Waals surface area contributed by atoms with Crippen molar-refractivity contribution >= 4 is 23.6 Å². The topological polar surface area (TPSA) is 83.6 Å². The lowest BCUT2D eigenvalue weighted by Crippen LogP contribution is -2.65. The molecule has 1 saturated heterocycles. The molecule has 0 aliphatic carbocycles. The predicted molar refractivity (Wildman–Crippen MR) is 69.7 cm³/mol. The summed E-state index contributed by atoms with van der Waals surface area (Å²) in [5.74, 6) is -0.546. The Balaban J connectivity index is 2.37. The van der Waals surface area contributed by atoms with Crippen LogP contribution >= 0.6 is 11.8 Å². The monoisotopic (exact) mass is 270 g/mol. The Morgan fingerprint density at radius 2 is 2.22 bits per heavy atom. The van der Waals surface area contributed by atoms with E-state index in [2.05, 4.69) is 0 Å². The van der Waals surface area contributed by atoms with Crippen LogP contribution < -0.4 is 5.73 Å². The van der Waals surface area contributed by atoms with Gasteiger partial charge in [-0.3, -0.25) is 4.79 Å². The van der Waals surface area contributed by atoms with Crippen molar-refractivity contribution in [3.05, 3.63) is 10.6 Å². The summed E-state index contributed by atoms with van der Waals surface area (Å²) in [4.78, 5) is 25.6. The maximum Gasteiger partial charge on any atom is 0.353 e. The van der Waals surface area contributed by atoms with Crippen LogP contribution in [0.3, 0.4) is 0 Å². The van der Waals surface area contributed by atoms with E-state index in [-0.39, 0.29) is 35.5 Å². The zero-order valence-corrected chi connectivity index (χ0v) is 11.5. The number of fused-ring (bicyclic) bond motifs is 1. The van der Waals surface area contributed by atoms with Gasteiger partial charge in [0.1, 0.15) is 5.70 Å². The number of nitrogens with zero attached hydrogens (tertiary/aromatic N) is 1. The van der Waals surface area contributed by atoms with E-state index < -0.39 is 5.97 Å². The number of carbonyl (C=O) groups excluding carboxylic acids is 1. The number of amides is 1. The molecule has 4 atom stereocenters. The highest BCUT2D eigenvalue weighted by Gasteiger charge is 2.59. The number of hydrogen-bond acceptors (Lipinski definition) is 4. The quantitative estimate of drug-likeness (QED) is 0.740. The first kappa shape index (κ1) is 13.4. The van der Waals surface area contributed by atoms with Crippen molar-refractivity contribution in [1.82, 2.24) is 4.90 Å². The highest BCUT2D eigenvalue weighted by Crippen LogP contribution is 2.50. The molecule has 0 spiro atoms. The summed E-state index contributed by atoms with van der Waals surface area (Å²) in [6, 6.07) is -0.306. The van der Waals surface area contributed by atoms with Gasteiger partial charge < -0.3 is 15.7 Å². The van der Waals surface area contributed by atoms with E-state index >= 15 is 0 Å². The number of β-lactam (4-membered cyclic amide) rings is 1. The van der Waals surface area contributed by atoms with Gasteiger partial charge in [-0.05, 0) is 12.7 Å². The lowest BCUT2D eigenvalue weighted by molar-refractivity contribution is -0.157. The van der Waals surface area contributed by atoms with Crippen LogP contribution in [0.1, 0.15) is 20.8 Å². The molecule has 100 valence electrons. The normalized spacial score (nSPS) is 32.3. The van der Waals surface area contributed by atoms with E-state index in [0.29, 0.717) is 0 Å². The summed E-state index contributed by atoms with van der Waals surface area (Å²) in [7, 11) is 0. The van der Waals surface area contributed by atoms with Gasteiger partial charge in [-0.25, -0.2) is 4.79 Å². The second-order valence-electron chi connectivity index (χ2n) is 4.82. The Morgan fingerprint density at radius 1 is 1.61 bits per heavy atom. The first-order valence-electron chi connectivity index (χ1n) is 6.10. The fraction of sp³-hybridized carbons (Fsp3) is 0.667. The molecule has 1 fully saturated rings. The third-order valence-corrected chi connectivity index (χ3v) is 4.82. The number of thioether (sulfide) groups is 1. The molecule has 0 aromatic rings. The van der Waals surface area contributed by atoms with E-state index in [4.69, 9.17) is 5.73 Å². The molecule has 0 saturated carbocycles. The van der Waals surface area contributed by atoms with Gasteiger partial charge in [-0.15, -0.1) is 11.8 Å². The van der Waals surface area contributed by atoms with Crippen LogP contribution in [0.2, 0.25) is 0 Å². The Morgan fingerprint density at radius 3 is 2.67 bits per heavy atom. The lowest BCUT2D eigenvalue weighted by atomic mass is 9.78. The summed E-state index contributed by atoms with van der Waals surface area (Å²) in [5.41, 5.74) is 5.99. The number of rotatable bonds is 4. The zero-order chi connectivity index (χ0) is 13.6. The minimum atomic E-state index is -1.02. The van der Waals surface area contributed by atoms with Crippen molar-refractivity contribution in [1.29, 1.82) is 0 Å². The molecule has 0 unspecified atom stereocenters. The van der Waals surface area contributed by atoms with Gasteiger partial charge in [-0.2, -0.15) is 0 Å². The molecule has 2 aliphatic heterocycles. The van der Waals surface area contributed by atoms with Crippen molar-refractivity contribution in [3.63, 3.8) is 0 Å². The molecule has 2 aliphatic rings. The van der Waals surface area contributed by atoms with Crippen LogP contribution in [-0.2, 0) is 9.59 Å². The van der Waals surface area contributed by atoms with Crippen LogP contribution in [0.15, 0.2) is 10.6 Å². The molecule has 2 rings (SSSR count). The minimum Gasteiger partial charge on any atom is -0.477 e. The third kappa shape index (κ3) is 1.66. The van der Waals surface area contributed by atoms with Crippen LogP contribution in [0.25, 0.3) is 0 Å². The Kier molecular flexibility index (Phi) is 3.42. The summed E-state index contributed by atoms with van der Waals surface area (Å²) in [6.45, 7) is 5.76. The summed E-state index contributed by atoms with van der Waals surface area (Å²) in [5, 5.41) is 9.30. The molecule has 0 bridgehead atoms. The van der Waals surface area contributed by atoms with Crippen molar-refractivity contribution in [2.75, 3.05) is 5.75 Å². The summed E-state index contributed by atoms with van der Waals surface area (Å²) < 4.78 is 0. The molecule has 3 N–H and O–H groups in total. The molecule has 0 aromatic heterocycles. The molecule has 18 heavy (non-hydrogen) atoms. The highest BCUT2D eigenvalue weighted by molar-refractivity contribution is 8.03. The minimum absolute atomic E-state index is 0.0646. The summed E-state index contributed by atoms with van der Waals surface area (Å²) in [6.07, 6.45) is 0. The van der Waals surface area contributed by atoms with Crippen LogP contribution in [0.5, 0.6) is 0 Å². The molecular formula is C12H18N2O3S. The number of aliphatic carboxylic acids is 1.